The first-order valence-corrected chi connectivity index (χ1v) is 10.5. The molecule has 5 heteroatoms. The van der Waals surface area contributed by atoms with Crippen molar-refractivity contribution in [2.45, 2.75) is 65.3 Å². The van der Waals surface area contributed by atoms with Crippen LogP contribution in [0.3, 0.4) is 0 Å². The predicted octanol–water partition coefficient (Wildman–Crippen LogP) is 4.13. The minimum Gasteiger partial charge on any atom is -0.338 e. The zero-order valence-electron chi connectivity index (χ0n) is 17.2. The number of carbonyl (C=O) groups is 2. The van der Waals surface area contributed by atoms with Crippen LogP contribution in [0.2, 0.25) is 0 Å². The number of benzene rings is 1. The molecule has 5 nitrogen and oxygen atoms in total. The number of urea groups is 1. The van der Waals surface area contributed by atoms with Crippen molar-refractivity contribution in [3.05, 3.63) is 35.4 Å². The second-order valence-electron chi connectivity index (χ2n) is 7.43. The van der Waals surface area contributed by atoms with Crippen molar-refractivity contribution in [3.63, 3.8) is 0 Å². The highest BCUT2D eigenvalue weighted by atomic mass is 16.2. The molecule has 0 saturated carbocycles. The van der Waals surface area contributed by atoms with Crippen LogP contribution in [0.1, 0.15) is 70.0 Å². The molecule has 2 rings (SSSR count). The first-order valence-electron chi connectivity index (χ1n) is 10.5. The summed E-state index contributed by atoms with van der Waals surface area (Å²) >= 11 is 0. The molecule has 0 fully saturated rings. The average Bonchev–Trinajstić information content (AvgIpc) is 2.67. The third-order valence-electron chi connectivity index (χ3n) is 5.37. The minimum atomic E-state index is -0.113. The van der Waals surface area contributed by atoms with E-state index in [0.717, 1.165) is 45.1 Å². The summed E-state index contributed by atoms with van der Waals surface area (Å²) in [6.07, 6.45) is 5.98. The normalized spacial score (nSPS) is 16.0. The number of fused-ring (bicyclic) bond motifs is 1. The van der Waals surface area contributed by atoms with E-state index in [1.54, 1.807) is 4.90 Å². The van der Waals surface area contributed by atoms with Gasteiger partial charge in [-0.15, -0.1) is 0 Å². The quantitative estimate of drug-likeness (QED) is 0.662. The van der Waals surface area contributed by atoms with Crippen LogP contribution in [0.5, 0.6) is 0 Å². The number of hydrogen-bond donors (Lipinski definition) is 1. The van der Waals surface area contributed by atoms with E-state index in [4.69, 9.17) is 0 Å². The molecule has 0 spiro atoms. The summed E-state index contributed by atoms with van der Waals surface area (Å²) in [6.45, 7) is 8.51. The number of hydrogen-bond acceptors (Lipinski definition) is 2. The molecule has 3 amide bonds. The predicted molar refractivity (Wildman–Crippen MR) is 110 cm³/mol. The number of unbranched alkanes of at least 4 members (excludes halogenated alkanes) is 3. The topological polar surface area (TPSA) is 52.7 Å². The Bertz CT molecular complexity index is 617. The molecule has 1 aromatic carbocycles. The maximum Gasteiger partial charge on any atom is 0.317 e. The van der Waals surface area contributed by atoms with E-state index >= 15 is 0 Å². The third kappa shape index (κ3) is 5.98. The van der Waals surface area contributed by atoms with Crippen LogP contribution in [-0.4, -0.2) is 47.9 Å². The van der Waals surface area contributed by atoms with Gasteiger partial charge in [-0.2, -0.15) is 0 Å². The van der Waals surface area contributed by atoms with Crippen LogP contribution in [-0.2, 0) is 11.2 Å². The molecule has 1 unspecified atom stereocenters. The van der Waals surface area contributed by atoms with Gasteiger partial charge < -0.3 is 15.1 Å². The second kappa shape index (κ2) is 11.0. The number of amides is 3. The Hall–Kier alpha value is -2.04. The van der Waals surface area contributed by atoms with Gasteiger partial charge in [0.1, 0.15) is 6.54 Å². The van der Waals surface area contributed by atoms with Crippen LogP contribution < -0.4 is 5.32 Å². The van der Waals surface area contributed by atoms with Gasteiger partial charge in [-0.1, -0.05) is 57.4 Å². The molecule has 1 N–H and O–H groups in total. The SMILES string of the molecule is CCCCCN(CC(=O)N1CCc2ccccc2C1C)C(=O)NCCCC. The van der Waals surface area contributed by atoms with Crippen LogP contribution in [0.4, 0.5) is 4.79 Å². The summed E-state index contributed by atoms with van der Waals surface area (Å²) in [5.41, 5.74) is 2.55. The molecule has 1 aliphatic heterocycles. The Balaban J connectivity index is 2.00. The lowest BCUT2D eigenvalue weighted by Crippen LogP contribution is -2.49. The largest absolute Gasteiger partial charge is 0.338 e. The van der Waals surface area contributed by atoms with Crippen molar-refractivity contribution >= 4 is 11.9 Å². The number of carbonyl (C=O) groups excluding carboxylic acids is 2. The van der Waals surface area contributed by atoms with Crippen LogP contribution in [0.15, 0.2) is 24.3 Å². The smallest absolute Gasteiger partial charge is 0.317 e. The standard InChI is InChI=1S/C22H35N3O2/c1-4-6-10-15-24(22(27)23-14-7-5-2)17-21(26)25-16-13-19-11-8-9-12-20(19)18(25)3/h8-9,11-12,18H,4-7,10,13-17H2,1-3H3,(H,23,27). The van der Waals surface area contributed by atoms with Crippen molar-refractivity contribution < 1.29 is 9.59 Å². The maximum absolute atomic E-state index is 13.0. The highest BCUT2D eigenvalue weighted by Gasteiger charge is 2.29. The zero-order chi connectivity index (χ0) is 19.6. The van der Waals surface area contributed by atoms with Gasteiger partial charge in [0.25, 0.3) is 0 Å². The number of nitrogens with one attached hydrogen (secondary N) is 1. The highest BCUT2D eigenvalue weighted by Crippen LogP contribution is 2.29. The monoisotopic (exact) mass is 373 g/mol. The fraction of sp³-hybridized carbons (Fsp3) is 0.636. The summed E-state index contributed by atoms with van der Waals surface area (Å²) in [4.78, 5) is 29.2. The van der Waals surface area contributed by atoms with Crippen LogP contribution >= 0.6 is 0 Å². The van der Waals surface area contributed by atoms with Gasteiger partial charge in [-0.05, 0) is 37.3 Å². The van der Waals surface area contributed by atoms with Gasteiger partial charge in [0.2, 0.25) is 5.91 Å². The number of nitrogens with zero attached hydrogens (tertiary/aromatic N) is 2. The van der Waals surface area contributed by atoms with E-state index in [0.29, 0.717) is 13.1 Å². The molecule has 1 aliphatic rings. The molecule has 150 valence electrons. The zero-order valence-corrected chi connectivity index (χ0v) is 17.2. The molecular formula is C22H35N3O2. The van der Waals surface area contributed by atoms with Crippen molar-refractivity contribution in [3.8, 4) is 0 Å². The van der Waals surface area contributed by atoms with Gasteiger partial charge in [0.15, 0.2) is 0 Å². The molecule has 0 aliphatic carbocycles. The summed E-state index contributed by atoms with van der Waals surface area (Å²) in [5.74, 6) is 0.0409. The molecule has 27 heavy (non-hydrogen) atoms. The Morgan fingerprint density at radius 1 is 1.15 bits per heavy atom. The third-order valence-corrected chi connectivity index (χ3v) is 5.37. The average molecular weight is 374 g/mol. The fourth-order valence-corrected chi connectivity index (χ4v) is 3.66. The van der Waals surface area contributed by atoms with Gasteiger partial charge in [-0.25, -0.2) is 4.79 Å². The molecule has 0 aromatic heterocycles. The van der Waals surface area contributed by atoms with Crippen molar-refractivity contribution in [1.82, 2.24) is 15.1 Å². The van der Waals surface area contributed by atoms with Crippen LogP contribution in [0.25, 0.3) is 0 Å². The van der Waals surface area contributed by atoms with Crippen LogP contribution in [0, 0.1) is 0 Å². The van der Waals surface area contributed by atoms with E-state index in [1.807, 2.05) is 11.0 Å². The van der Waals surface area contributed by atoms with E-state index in [2.05, 4.69) is 44.3 Å². The van der Waals surface area contributed by atoms with Gasteiger partial charge in [0.05, 0.1) is 6.04 Å². The summed E-state index contributed by atoms with van der Waals surface area (Å²) in [6, 6.07) is 8.28. The summed E-state index contributed by atoms with van der Waals surface area (Å²) in [7, 11) is 0. The molecule has 0 radical (unpaired) electrons. The van der Waals surface area contributed by atoms with Gasteiger partial charge in [-0.3, -0.25) is 4.79 Å². The summed E-state index contributed by atoms with van der Waals surface area (Å²) in [5, 5.41) is 2.96. The van der Waals surface area contributed by atoms with Gasteiger partial charge in [0, 0.05) is 19.6 Å². The fourth-order valence-electron chi connectivity index (χ4n) is 3.66. The lowest BCUT2D eigenvalue weighted by molar-refractivity contribution is -0.134. The lowest BCUT2D eigenvalue weighted by Gasteiger charge is -2.36. The Labute approximate surface area is 164 Å². The molecule has 1 heterocycles. The van der Waals surface area contributed by atoms with Crippen molar-refractivity contribution in [2.24, 2.45) is 0 Å². The highest BCUT2D eigenvalue weighted by molar-refractivity contribution is 5.84. The first-order chi connectivity index (χ1) is 13.1. The molecule has 0 bridgehead atoms. The van der Waals surface area contributed by atoms with E-state index in [9.17, 15) is 9.59 Å². The van der Waals surface area contributed by atoms with Crippen molar-refractivity contribution in [2.75, 3.05) is 26.2 Å². The molecule has 0 saturated heterocycles. The maximum atomic E-state index is 13.0. The van der Waals surface area contributed by atoms with Crippen molar-refractivity contribution in [1.29, 1.82) is 0 Å². The van der Waals surface area contributed by atoms with Gasteiger partial charge >= 0.3 is 6.03 Å². The minimum absolute atomic E-state index is 0.0409. The first kappa shape index (κ1) is 21.3. The lowest BCUT2D eigenvalue weighted by atomic mass is 9.93. The van der Waals surface area contributed by atoms with E-state index in [-0.39, 0.29) is 24.5 Å². The Morgan fingerprint density at radius 2 is 1.89 bits per heavy atom. The molecule has 1 atom stereocenters. The number of rotatable bonds is 9. The Morgan fingerprint density at radius 3 is 2.63 bits per heavy atom. The van der Waals surface area contributed by atoms with E-state index in [1.165, 1.54) is 11.1 Å². The molecular weight excluding hydrogens is 338 g/mol. The Kier molecular flexibility index (Phi) is 8.62. The molecule has 1 aromatic rings. The van der Waals surface area contributed by atoms with E-state index < -0.39 is 0 Å². The summed E-state index contributed by atoms with van der Waals surface area (Å²) < 4.78 is 0. The second-order valence-corrected chi connectivity index (χ2v) is 7.43.